The molecule has 1 amide bonds. The molecule has 1 saturated heterocycles. The summed E-state index contributed by atoms with van der Waals surface area (Å²) in [5.74, 6) is 1.26. The first kappa shape index (κ1) is 19.2. The Bertz CT molecular complexity index is 803. The number of amides is 1. The number of hydrogen-bond donors (Lipinski definition) is 1. The SMILES string of the molecule is CCOc1nc2ccccc2nc1N1CCC[C@@H](NC(=O)OC(C)(C)C)C1. The average molecular weight is 372 g/mol. The first-order chi connectivity index (χ1) is 12.9. The van der Waals surface area contributed by atoms with Crippen LogP contribution in [0.3, 0.4) is 0 Å². The van der Waals surface area contributed by atoms with E-state index in [1.807, 2.05) is 52.0 Å². The number of aromatic nitrogens is 2. The van der Waals surface area contributed by atoms with Crippen molar-refractivity contribution in [2.24, 2.45) is 0 Å². The number of piperidine rings is 1. The first-order valence-corrected chi connectivity index (χ1v) is 9.50. The Balaban J connectivity index is 1.79. The molecule has 1 aromatic heterocycles. The molecule has 3 rings (SSSR count). The van der Waals surface area contributed by atoms with Crippen molar-refractivity contribution in [3.05, 3.63) is 24.3 Å². The van der Waals surface area contributed by atoms with E-state index in [1.165, 1.54) is 0 Å². The Morgan fingerprint density at radius 1 is 1.26 bits per heavy atom. The maximum absolute atomic E-state index is 12.1. The van der Waals surface area contributed by atoms with Gasteiger partial charge in [-0.1, -0.05) is 12.1 Å². The minimum absolute atomic E-state index is 0.00338. The molecule has 1 aliphatic heterocycles. The summed E-state index contributed by atoms with van der Waals surface area (Å²) in [4.78, 5) is 23.7. The van der Waals surface area contributed by atoms with Gasteiger partial charge in [-0.25, -0.2) is 14.8 Å². The zero-order chi connectivity index (χ0) is 19.4. The number of ether oxygens (including phenoxy) is 2. The summed E-state index contributed by atoms with van der Waals surface area (Å²) in [6, 6.07) is 7.76. The van der Waals surface area contributed by atoms with E-state index in [4.69, 9.17) is 14.5 Å². The average Bonchev–Trinajstić information content (AvgIpc) is 2.60. The van der Waals surface area contributed by atoms with Crippen LogP contribution in [0.15, 0.2) is 24.3 Å². The number of fused-ring (bicyclic) bond motifs is 1. The molecule has 1 aliphatic rings. The molecular weight excluding hydrogens is 344 g/mol. The highest BCUT2D eigenvalue weighted by Gasteiger charge is 2.27. The lowest BCUT2D eigenvalue weighted by Crippen LogP contribution is -2.49. The van der Waals surface area contributed by atoms with Crippen LogP contribution < -0.4 is 15.0 Å². The van der Waals surface area contributed by atoms with Crippen LogP contribution in [-0.2, 0) is 4.74 Å². The Kier molecular flexibility index (Phi) is 5.68. The number of alkyl carbamates (subject to hydrolysis) is 1. The molecule has 1 fully saturated rings. The van der Waals surface area contributed by atoms with E-state index in [0.29, 0.717) is 19.0 Å². The maximum atomic E-state index is 12.1. The van der Waals surface area contributed by atoms with Crippen molar-refractivity contribution < 1.29 is 14.3 Å². The van der Waals surface area contributed by atoms with Crippen molar-refractivity contribution >= 4 is 22.9 Å². The van der Waals surface area contributed by atoms with E-state index >= 15 is 0 Å². The fourth-order valence-corrected chi connectivity index (χ4v) is 3.18. The Morgan fingerprint density at radius 3 is 2.63 bits per heavy atom. The molecule has 2 heterocycles. The van der Waals surface area contributed by atoms with E-state index in [1.54, 1.807) is 0 Å². The number of carbonyl (C=O) groups excluding carboxylic acids is 1. The summed E-state index contributed by atoms with van der Waals surface area (Å²) in [5.41, 5.74) is 1.13. The van der Waals surface area contributed by atoms with Crippen molar-refractivity contribution in [1.82, 2.24) is 15.3 Å². The number of para-hydroxylation sites is 2. The Hall–Kier alpha value is -2.57. The number of hydrogen-bond acceptors (Lipinski definition) is 6. The molecule has 7 nitrogen and oxygen atoms in total. The molecule has 1 atom stereocenters. The summed E-state index contributed by atoms with van der Waals surface area (Å²) in [7, 11) is 0. The van der Waals surface area contributed by atoms with Crippen LogP contribution in [0.25, 0.3) is 11.0 Å². The lowest BCUT2D eigenvalue weighted by Gasteiger charge is -2.34. The van der Waals surface area contributed by atoms with Gasteiger partial charge in [-0.2, -0.15) is 0 Å². The number of nitrogens with zero attached hydrogens (tertiary/aromatic N) is 3. The normalized spacial score (nSPS) is 17.6. The van der Waals surface area contributed by atoms with Gasteiger partial charge < -0.3 is 19.7 Å². The predicted octanol–water partition coefficient (Wildman–Crippen LogP) is 3.52. The number of carbonyl (C=O) groups is 1. The van der Waals surface area contributed by atoms with Gasteiger partial charge in [0.1, 0.15) is 5.60 Å². The van der Waals surface area contributed by atoms with Gasteiger partial charge >= 0.3 is 6.09 Å². The Morgan fingerprint density at radius 2 is 1.96 bits per heavy atom. The minimum Gasteiger partial charge on any atom is -0.475 e. The number of anilines is 1. The lowest BCUT2D eigenvalue weighted by molar-refractivity contribution is 0.0500. The molecule has 0 aliphatic carbocycles. The van der Waals surface area contributed by atoms with Crippen LogP contribution in [-0.4, -0.2) is 47.4 Å². The monoisotopic (exact) mass is 372 g/mol. The zero-order valence-corrected chi connectivity index (χ0v) is 16.5. The second-order valence-electron chi connectivity index (χ2n) is 7.71. The molecule has 0 bridgehead atoms. The molecule has 0 saturated carbocycles. The number of benzene rings is 1. The summed E-state index contributed by atoms with van der Waals surface area (Å²) < 4.78 is 11.1. The summed E-state index contributed by atoms with van der Waals surface area (Å²) in [6.07, 6.45) is 1.46. The maximum Gasteiger partial charge on any atom is 0.407 e. The van der Waals surface area contributed by atoms with Gasteiger partial charge in [-0.15, -0.1) is 0 Å². The third-order valence-electron chi connectivity index (χ3n) is 4.24. The fraction of sp³-hybridized carbons (Fsp3) is 0.550. The molecule has 2 aromatic rings. The van der Waals surface area contributed by atoms with Crippen molar-refractivity contribution in [3.63, 3.8) is 0 Å². The van der Waals surface area contributed by atoms with E-state index < -0.39 is 5.60 Å². The van der Waals surface area contributed by atoms with Crippen LogP contribution in [0, 0.1) is 0 Å². The third kappa shape index (κ3) is 4.99. The first-order valence-electron chi connectivity index (χ1n) is 9.50. The van der Waals surface area contributed by atoms with Gasteiger partial charge in [0.05, 0.1) is 17.6 Å². The van der Waals surface area contributed by atoms with E-state index in [-0.39, 0.29) is 12.1 Å². The van der Waals surface area contributed by atoms with Gasteiger partial charge in [0.15, 0.2) is 5.82 Å². The van der Waals surface area contributed by atoms with Crippen LogP contribution in [0.2, 0.25) is 0 Å². The topological polar surface area (TPSA) is 76.6 Å². The second kappa shape index (κ2) is 7.98. The van der Waals surface area contributed by atoms with E-state index in [9.17, 15) is 4.79 Å². The van der Waals surface area contributed by atoms with E-state index in [2.05, 4.69) is 15.2 Å². The van der Waals surface area contributed by atoms with Gasteiger partial charge in [0, 0.05) is 19.1 Å². The smallest absolute Gasteiger partial charge is 0.407 e. The quantitative estimate of drug-likeness (QED) is 0.885. The molecule has 0 spiro atoms. The molecule has 7 heteroatoms. The van der Waals surface area contributed by atoms with Crippen molar-refractivity contribution in [2.45, 2.75) is 52.2 Å². The number of rotatable bonds is 4. The van der Waals surface area contributed by atoms with Crippen molar-refractivity contribution in [1.29, 1.82) is 0 Å². The van der Waals surface area contributed by atoms with Gasteiger partial charge in [0.2, 0.25) is 0 Å². The third-order valence-corrected chi connectivity index (χ3v) is 4.24. The lowest BCUT2D eigenvalue weighted by atomic mass is 10.1. The van der Waals surface area contributed by atoms with Crippen LogP contribution in [0.5, 0.6) is 5.88 Å². The van der Waals surface area contributed by atoms with Crippen molar-refractivity contribution in [2.75, 3.05) is 24.6 Å². The second-order valence-corrected chi connectivity index (χ2v) is 7.71. The molecule has 146 valence electrons. The van der Waals surface area contributed by atoms with E-state index in [0.717, 1.165) is 36.2 Å². The van der Waals surface area contributed by atoms with Crippen molar-refractivity contribution in [3.8, 4) is 5.88 Å². The summed E-state index contributed by atoms with van der Waals surface area (Å²) in [6.45, 7) is 9.53. The molecule has 0 radical (unpaired) electrons. The highest BCUT2D eigenvalue weighted by atomic mass is 16.6. The highest BCUT2D eigenvalue weighted by molar-refractivity contribution is 5.77. The molecule has 1 aromatic carbocycles. The van der Waals surface area contributed by atoms with Gasteiger partial charge in [0.25, 0.3) is 5.88 Å². The highest BCUT2D eigenvalue weighted by Crippen LogP contribution is 2.29. The van der Waals surface area contributed by atoms with Crippen LogP contribution in [0.1, 0.15) is 40.5 Å². The zero-order valence-electron chi connectivity index (χ0n) is 16.5. The minimum atomic E-state index is -0.510. The summed E-state index contributed by atoms with van der Waals surface area (Å²) in [5, 5.41) is 2.97. The standard InChI is InChI=1S/C20H28N4O3/c1-5-26-18-17(22-15-10-6-7-11-16(15)23-18)24-12-8-9-14(13-24)21-19(25)27-20(2,3)4/h6-7,10-11,14H,5,8-9,12-13H2,1-4H3,(H,21,25)/t14-/m1/s1. The largest absolute Gasteiger partial charge is 0.475 e. The molecule has 27 heavy (non-hydrogen) atoms. The van der Waals surface area contributed by atoms with Gasteiger partial charge in [-0.3, -0.25) is 0 Å². The number of nitrogens with one attached hydrogen (secondary N) is 1. The van der Waals surface area contributed by atoms with Crippen LogP contribution >= 0.6 is 0 Å². The predicted molar refractivity (Wildman–Crippen MR) is 105 cm³/mol. The molecule has 1 N–H and O–H groups in total. The fourth-order valence-electron chi connectivity index (χ4n) is 3.18. The molecule has 0 unspecified atom stereocenters. The molecular formula is C20H28N4O3. The van der Waals surface area contributed by atoms with Gasteiger partial charge in [-0.05, 0) is 52.7 Å². The summed E-state index contributed by atoms with van der Waals surface area (Å²) >= 11 is 0. The van der Waals surface area contributed by atoms with Crippen LogP contribution in [0.4, 0.5) is 10.6 Å². The Labute approximate surface area is 160 Å².